The number of aromatic nitrogens is 3. The molecule has 1 amide bonds. The molecule has 9 nitrogen and oxygen atoms in total. The van der Waals surface area contributed by atoms with Gasteiger partial charge in [0.1, 0.15) is 5.41 Å². The number of fused-ring (bicyclic) bond motifs is 1. The second kappa shape index (κ2) is 10.9. The van der Waals surface area contributed by atoms with Gasteiger partial charge in [0.15, 0.2) is 0 Å². The lowest BCUT2D eigenvalue weighted by molar-refractivity contribution is -0.141. The highest BCUT2D eigenvalue weighted by atomic mass is 16.5. The minimum absolute atomic E-state index is 0.0215. The van der Waals surface area contributed by atoms with Crippen molar-refractivity contribution in [2.45, 2.75) is 64.5 Å². The number of hydrogen-bond acceptors (Lipinski definition) is 7. The molecular formula is C26H37N5O4. The zero-order valence-corrected chi connectivity index (χ0v) is 21.2. The van der Waals surface area contributed by atoms with E-state index in [4.69, 9.17) is 14.6 Å². The summed E-state index contributed by atoms with van der Waals surface area (Å²) in [5, 5.41) is 18.1. The maximum atomic E-state index is 13.1. The molecule has 0 spiro atoms. The molecule has 1 atom stereocenters. The molecule has 1 aliphatic heterocycles. The number of nitrogens with zero attached hydrogens (tertiary/aromatic N) is 4. The van der Waals surface area contributed by atoms with E-state index in [0.29, 0.717) is 38.9 Å². The molecule has 2 fully saturated rings. The summed E-state index contributed by atoms with van der Waals surface area (Å²) in [5.41, 5.74) is 1.88. The third kappa shape index (κ3) is 5.95. The van der Waals surface area contributed by atoms with Crippen molar-refractivity contribution in [2.75, 3.05) is 45.3 Å². The van der Waals surface area contributed by atoms with Gasteiger partial charge in [-0.2, -0.15) is 0 Å². The molecule has 0 bridgehead atoms. The third-order valence-corrected chi connectivity index (χ3v) is 6.79. The molecular weight excluding hydrogens is 446 g/mol. The average molecular weight is 484 g/mol. The van der Waals surface area contributed by atoms with Crippen LogP contribution in [0.2, 0.25) is 0 Å². The average Bonchev–Trinajstić information content (AvgIpc) is 3.21. The van der Waals surface area contributed by atoms with Crippen molar-refractivity contribution in [3.05, 3.63) is 23.5 Å². The van der Waals surface area contributed by atoms with Gasteiger partial charge < -0.3 is 24.8 Å². The van der Waals surface area contributed by atoms with Gasteiger partial charge in [-0.3, -0.25) is 4.79 Å². The molecule has 0 aromatic carbocycles. The Bertz CT molecular complexity index is 1090. The van der Waals surface area contributed by atoms with Gasteiger partial charge in [-0.15, -0.1) is 5.10 Å². The first-order valence-corrected chi connectivity index (χ1v) is 12.5. The van der Waals surface area contributed by atoms with Crippen LogP contribution in [0.3, 0.4) is 0 Å². The monoisotopic (exact) mass is 483 g/mol. The van der Waals surface area contributed by atoms with Crippen molar-refractivity contribution in [3.63, 3.8) is 0 Å². The summed E-state index contributed by atoms with van der Waals surface area (Å²) >= 11 is 0. The van der Waals surface area contributed by atoms with E-state index in [9.17, 15) is 9.90 Å². The maximum absolute atomic E-state index is 13.1. The Morgan fingerprint density at radius 2 is 2.03 bits per heavy atom. The lowest BCUT2D eigenvalue weighted by Gasteiger charge is -2.31. The van der Waals surface area contributed by atoms with Gasteiger partial charge in [-0.25, -0.2) is 9.50 Å². The smallest absolute Gasteiger partial charge is 0.241 e. The van der Waals surface area contributed by atoms with E-state index < -0.39 is 5.41 Å². The molecule has 2 aromatic heterocycles. The molecule has 190 valence electrons. The Kier molecular flexibility index (Phi) is 7.95. The second-order valence-corrected chi connectivity index (χ2v) is 10.1. The van der Waals surface area contributed by atoms with Crippen LogP contribution in [0.1, 0.15) is 63.6 Å². The molecule has 1 aliphatic carbocycles. The fourth-order valence-corrected chi connectivity index (χ4v) is 4.79. The first-order chi connectivity index (χ1) is 16.8. The second-order valence-electron chi connectivity index (χ2n) is 10.1. The van der Waals surface area contributed by atoms with Crippen molar-refractivity contribution >= 4 is 17.4 Å². The number of morpholine rings is 1. The van der Waals surface area contributed by atoms with Gasteiger partial charge in [-0.1, -0.05) is 11.8 Å². The molecule has 2 N–H and O–H groups in total. The molecule has 1 saturated heterocycles. The first-order valence-electron chi connectivity index (χ1n) is 12.5. The van der Waals surface area contributed by atoms with Crippen LogP contribution in [0.5, 0.6) is 0 Å². The molecule has 9 heteroatoms. The summed E-state index contributed by atoms with van der Waals surface area (Å²) in [6.07, 6.45) is 4.91. The molecule has 3 heterocycles. The van der Waals surface area contributed by atoms with Crippen LogP contribution in [0, 0.1) is 17.3 Å². The quantitative estimate of drug-likeness (QED) is 0.609. The number of aliphatic hydroxyl groups is 1. The molecule has 0 unspecified atom stereocenters. The summed E-state index contributed by atoms with van der Waals surface area (Å²) in [5.74, 6) is 7.33. The Morgan fingerprint density at radius 3 is 2.71 bits per heavy atom. The summed E-state index contributed by atoms with van der Waals surface area (Å²) in [6.45, 7) is 8.63. The van der Waals surface area contributed by atoms with Crippen LogP contribution in [0.4, 0.5) is 5.95 Å². The number of aliphatic hydroxyl groups excluding tert-OH is 1. The Morgan fingerprint density at radius 1 is 1.31 bits per heavy atom. The van der Waals surface area contributed by atoms with Crippen molar-refractivity contribution in [2.24, 2.45) is 5.41 Å². The zero-order valence-electron chi connectivity index (χ0n) is 21.2. The van der Waals surface area contributed by atoms with Gasteiger partial charge in [0.25, 0.3) is 0 Å². The van der Waals surface area contributed by atoms with Crippen molar-refractivity contribution in [3.8, 4) is 11.8 Å². The van der Waals surface area contributed by atoms with E-state index in [2.05, 4.69) is 28.2 Å². The molecule has 4 rings (SSSR count). The number of methoxy groups -OCH3 is 1. The fourth-order valence-electron chi connectivity index (χ4n) is 4.79. The Hall–Kier alpha value is -2.67. The third-order valence-electron chi connectivity index (χ3n) is 6.79. The van der Waals surface area contributed by atoms with Crippen LogP contribution in [0.15, 0.2) is 12.3 Å². The number of carbonyl (C=O) groups is 1. The van der Waals surface area contributed by atoms with Gasteiger partial charge in [0.2, 0.25) is 11.9 Å². The van der Waals surface area contributed by atoms with Crippen LogP contribution >= 0.6 is 0 Å². The Labute approximate surface area is 207 Å². The highest BCUT2D eigenvalue weighted by Crippen LogP contribution is 2.35. The SMILES string of the molecule is COC[C@H](C)Nc1ncc2c(C#CC(C)(C)C(=O)N3CCOCC3)cc([C@H]3CC[C@H](O)CC3)n2n1. The van der Waals surface area contributed by atoms with E-state index >= 15 is 0 Å². The van der Waals surface area contributed by atoms with Crippen LogP contribution in [-0.2, 0) is 14.3 Å². The van der Waals surface area contributed by atoms with Gasteiger partial charge >= 0.3 is 0 Å². The van der Waals surface area contributed by atoms with Gasteiger partial charge in [0.05, 0.1) is 43.2 Å². The highest BCUT2D eigenvalue weighted by molar-refractivity contribution is 5.85. The summed E-state index contributed by atoms with van der Waals surface area (Å²) in [6, 6.07) is 2.14. The van der Waals surface area contributed by atoms with Crippen LogP contribution in [0.25, 0.3) is 5.52 Å². The summed E-state index contributed by atoms with van der Waals surface area (Å²) in [7, 11) is 1.67. The first kappa shape index (κ1) is 25.4. The molecule has 2 aliphatic rings. The molecule has 35 heavy (non-hydrogen) atoms. The number of amides is 1. The van der Waals surface area contributed by atoms with Crippen molar-refractivity contribution < 1.29 is 19.4 Å². The summed E-state index contributed by atoms with van der Waals surface area (Å²) in [4.78, 5) is 19.4. The molecule has 0 radical (unpaired) electrons. The van der Waals surface area contributed by atoms with Crippen LogP contribution < -0.4 is 5.32 Å². The van der Waals surface area contributed by atoms with Crippen molar-refractivity contribution in [1.82, 2.24) is 19.5 Å². The highest BCUT2D eigenvalue weighted by Gasteiger charge is 2.31. The predicted molar refractivity (Wildman–Crippen MR) is 133 cm³/mol. The van der Waals surface area contributed by atoms with E-state index in [1.165, 1.54) is 0 Å². The minimum atomic E-state index is -0.821. The summed E-state index contributed by atoms with van der Waals surface area (Å²) < 4.78 is 12.5. The van der Waals surface area contributed by atoms with Crippen LogP contribution in [-0.4, -0.2) is 82.7 Å². The van der Waals surface area contributed by atoms with E-state index in [-0.39, 0.29) is 24.0 Å². The van der Waals surface area contributed by atoms with Gasteiger partial charge in [-0.05, 0) is 52.5 Å². The lowest BCUT2D eigenvalue weighted by atomic mass is 9.85. The van der Waals surface area contributed by atoms with Gasteiger partial charge in [0, 0.05) is 37.9 Å². The van der Waals surface area contributed by atoms with E-state index in [1.807, 2.05) is 30.2 Å². The number of nitrogens with one attached hydrogen (secondary N) is 1. The van der Waals surface area contributed by atoms with E-state index in [1.54, 1.807) is 13.3 Å². The van der Waals surface area contributed by atoms with E-state index in [0.717, 1.165) is 42.5 Å². The number of ether oxygens (including phenoxy) is 2. The number of carbonyl (C=O) groups excluding carboxylic acids is 1. The normalized spacial score (nSPS) is 21.9. The molecule has 2 aromatic rings. The predicted octanol–water partition coefficient (Wildman–Crippen LogP) is 2.43. The van der Waals surface area contributed by atoms with Crippen molar-refractivity contribution in [1.29, 1.82) is 0 Å². The lowest BCUT2D eigenvalue weighted by Crippen LogP contribution is -2.46. The Balaban J connectivity index is 1.66. The fraction of sp³-hybridized carbons (Fsp3) is 0.654. The standard InChI is InChI=1S/C26H37N5O4/c1-18(17-34-4)28-25-27-16-23-20(9-10-26(2,3)24(33)30-11-13-35-14-12-30)15-22(31(23)29-25)19-5-7-21(32)8-6-19/h15-16,18-19,21,32H,5-8,11-14,17H2,1-4H3,(H,28,29)/t18-,19-,21-/m0/s1. The topological polar surface area (TPSA) is 101 Å². The number of anilines is 1. The number of hydrogen-bond donors (Lipinski definition) is 2. The zero-order chi connectivity index (χ0) is 25.0. The minimum Gasteiger partial charge on any atom is -0.393 e. The maximum Gasteiger partial charge on any atom is 0.241 e. The largest absolute Gasteiger partial charge is 0.393 e. The number of rotatable bonds is 6. The molecule has 1 saturated carbocycles.